The van der Waals surface area contributed by atoms with Gasteiger partial charge in [-0.1, -0.05) is 5.16 Å². The van der Waals surface area contributed by atoms with Gasteiger partial charge in [-0.15, -0.1) is 0 Å². The van der Waals surface area contributed by atoms with Crippen LogP contribution in [0.2, 0.25) is 0 Å². The Hall–Kier alpha value is -3.08. The van der Waals surface area contributed by atoms with E-state index in [1.165, 1.54) is 29.7 Å². The second kappa shape index (κ2) is 8.34. The molecule has 0 bridgehead atoms. The van der Waals surface area contributed by atoms with Crippen molar-refractivity contribution in [2.75, 3.05) is 23.3 Å². The van der Waals surface area contributed by atoms with Crippen molar-refractivity contribution in [2.45, 2.75) is 38.2 Å². The molecule has 8 nitrogen and oxygen atoms in total. The van der Waals surface area contributed by atoms with Crippen molar-refractivity contribution in [3.8, 4) is 0 Å². The molecule has 30 heavy (non-hydrogen) atoms. The average Bonchev–Trinajstić information content (AvgIpc) is 3.38. The van der Waals surface area contributed by atoms with E-state index >= 15 is 0 Å². The zero-order valence-electron chi connectivity index (χ0n) is 16.0. The summed E-state index contributed by atoms with van der Waals surface area (Å²) in [5.41, 5.74) is -0.00401. The van der Waals surface area contributed by atoms with E-state index in [2.05, 4.69) is 25.5 Å². The summed E-state index contributed by atoms with van der Waals surface area (Å²) in [6.45, 7) is 1.67. The van der Waals surface area contributed by atoms with Gasteiger partial charge in [-0.05, 0) is 25.3 Å². The summed E-state index contributed by atoms with van der Waals surface area (Å²) < 4.78 is 46.1. The molecule has 1 saturated heterocycles. The lowest BCUT2D eigenvalue weighted by Gasteiger charge is -2.25. The molecule has 3 aromatic heterocycles. The average molecular weight is 422 g/mol. The summed E-state index contributed by atoms with van der Waals surface area (Å²) in [5, 5.41) is 21.2. The molecule has 1 fully saturated rings. The molecule has 0 aromatic carbocycles. The van der Waals surface area contributed by atoms with Gasteiger partial charge in [0.2, 0.25) is 5.88 Å². The molecule has 2 N–H and O–H groups in total. The molecule has 0 spiro atoms. The normalized spacial score (nSPS) is 15.9. The summed E-state index contributed by atoms with van der Waals surface area (Å²) in [4.78, 5) is 5.85. The number of nitrogens with one attached hydrogen (secondary N) is 1. The molecule has 0 aliphatic carbocycles. The molecule has 3 aromatic rings. The maximum Gasteiger partial charge on any atom is 0.416 e. The first-order valence-electron chi connectivity index (χ1n) is 9.59. The van der Waals surface area contributed by atoms with E-state index < -0.39 is 18.0 Å². The molecule has 0 radical (unpaired) electrons. The first-order valence-corrected chi connectivity index (χ1v) is 9.59. The Labute approximate surface area is 170 Å². The van der Waals surface area contributed by atoms with Crippen LogP contribution in [-0.2, 0) is 12.7 Å². The van der Waals surface area contributed by atoms with Gasteiger partial charge in [0.05, 0.1) is 24.0 Å². The lowest BCUT2D eigenvalue weighted by molar-refractivity contribution is -0.138. The van der Waals surface area contributed by atoms with Crippen molar-refractivity contribution in [1.29, 1.82) is 0 Å². The molecule has 1 aliphatic heterocycles. The van der Waals surface area contributed by atoms with E-state index in [0.29, 0.717) is 17.3 Å². The fourth-order valence-electron chi connectivity index (χ4n) is 3.43. The lowest BCUT2D eigenvalue weighted by Crippen LogP contribution is -2.28. The number of aliphatic hydroxyl groups is 1. The third-order valence-electron chi connectivity index (χ3n) is 4.94. The number of anilines is 2. The Balaban J connectivity index is 1.41. The summed E-state index contributed by atoms with van der Waals surface area (Å²) >= 11 is 0. The van der Waals surface area contributed by atoms with Crippen molar-refractivity contribution in [1.82, 2.24) is 19.9 Å². The van der Waals surface area contributed by atoms with Crippen LogP contribution in [0.5, 0.6) is 0 Å². The number of halogens is 3. The molecule has 11 heteroatoms. The fourth-order valence-corrected chi connectivity index (χ4v) is 3.43. The summed E-state index contributed by atoms with van der Waals surface area (Å²) in [6, 6.07) is 2.62. The maximum atomic E-state index is 13.1. The van der Waals surface area contributed by atoms with E-state index in [1.807, 2.05) is 0 Å². The number of aromatic nitrogens is 4. The molecule has 160 valence electrons. The molecule has 1 aliphatic rings. The fraction of sp³-hybridized carbons (Fsp3) is 0.421. The van der Waals surface area contributed by atoms with Crippen LogP contribution in [0.15, 0.2) is 41.4 Å². The molecule has 1 atom stereocenters. The minimum atomic E-state index is -4.47. The van der Waals surface area contributed by atoms with Gasteiger partial charge in [0.1, 0.15) is 5.69 Å². The quantitative estimate of drug-likeness (QED) is 0.588. The number of pyridine rings is 1. The van der Waals surface area contributed by atoms with Gasteiger partial charge < -0.3 is 19.8 Å². The Kier molecular flexibility index (Phi) is 5.62. The number of alkyl halides is 3. The van der Waals surface area contributed by atoms with Crippen molar-refractivity contribution in [3.05, 3.63) is 53.7 Å². The summed E-state index contributed by atoms with van der Waals surface area (Å²) in [7, 11) is 0. The summed E-state index contributed by atoms with van der Waals surface area (Å²) in [6.07, 6.45) is 2.94. The molecule has 0 saturated carbocycles. The third kappa shape index (κ3) is 4.56. The minimum absolute atomic E-state index is 0.00266. The van der Waals surface area contributed by atoms with Crippen LogP contribution in [0.4, 0.5) is 24.7 Å². The molecule has 4 heterocycles. The van der Waals surface area contributed by atoms with Crippen LogP contribution in [0.25, 0.3) is 0 Å². The number of nitrogens with zero attached hydrogens (tertiary/aromatic N) is 5. The topological polar surface area (TPSA) is 92.2 Å². The highest BCUT2D eigenvalue weighted by atomic mass is 19.4. The van der Waals surface area contributed by atoms with Gasteiger partial charge in [-0.3, -0.25) is 9.67 Å². The molecular formula is C19H21F3N6O2. The van der Waals surface area contributed by atoms with Gasteiger partial charge in [0.25, 0.3) is 0 Å². The highest BCUT2D eigenvalue weighted by Gasteiger charge is 2.33. The predicted octanol–water partition coefficient (Wildman–Crippen LogP) is 3.43. The van der Waals surface area contributed by atoms with Crippen LogP contribution in [0.3, 0.4) is 0 Å². The Morgan fingerprint density at radius 3 is 2.77 bits per heavy atom. The van der Waals surface area contributed by atoms with Gasteiger partial charge in [0.15, 0.2) is 6.23 Å². The number of hydrogen-bond donors (Lipinski definition) is 2. The Morgan fingerprint density at radius 1 is 1.20 bits per heavy atom. The van der Waals surface area contributed by atoms with Crippen molar-refractivity contribution < 1.29 is 22.8 Å². The first-order chi connectivity index (χ1) is 14.4. The molecule has 1 unspecified atom stereocenters. The second-order valence-electron chi connectivity index (χ2n) is 7.14. The van der Waals surface area contributed by atoms with Crippen LogP contribution in [0, 0.1) is 0 Å². The Bertz CT molecular complexity index is 981. The standard InChI is InChI=1S/C19H21F3N6O2/c20-19(21,22)15-4-5-23-9-13(15)11-28-12-14(10-24-28)25-18(29)16-8-17(30-26-16)27-6-2-1-3-7-27/h4-5,8-10,12,18,25,29H,1-3,6-7,11H2. The van der Waals surface area contributed by atoms with Gasteiger partial charge in [0, 0.05) is 43.3 Å². The smallest absolute Gasteiger partial charge is 0.368 e. The van der Waals surface area contributed by atoms with Crippen LogP contribution < -0.4 is 10.2 Å². The van der Waals surface area contributed by atoms with Crippen LogP contribution in [-0.4, -0.2) is 38.1 Å². The molecule has 0 amide bonds. The van der Waals surface area contributed by atoms with E-state index in [0.717, 1.165) is 38.2 Å². The van der Waals surface area contributed by atoms with Gasteiger partial charge in [-0.2, -0.15) is 18.3 Å². The molecular weight excluding hydrogens is 401 g/mol. The van der Waals surface area contributed by atoms with Gasteiger partial charge >= 0.3 is 6.18 Å². The maximum absolute atomic E-state index is 13.1. The highest BCUT2D eigenvalue weighted by molar-refractivity contribution is 5.42. The van der Waals surface area contributed by atoms with Crippen molar-refractivity contribution >= 4 is 11.6 Å². The lowest BCUT2D eigenvalue weighted by atomic mass is 10.1. The van der Waals surface area contributed by atoms with E-state index in [4.69, 9.17) is 4.52 Å². The number of hydrogen-bond acceptors (Lipinski definition) is 7. The zero-order valence-corrected chi connectivity index (χ0v) is 16.0. The molecule has 4 rings (SSSR count). The minimum Gasteiger partial charge on any atom is -0.368 e. The Morgan fingerprint density at radius 2 is 2.00 bits per heavy atom. The monoisotopic (exact) mass is 422 g/mol. The van der Waals surface area contributed by atoms with E-state index in [1.54, 1.807) is 6.07 Å². The van der Waals surface area contributed by atoms with Crippen LogP contribution in [0.1, 0.15) is 42.3 Å². The SMILES string of the molecule is OC(Nc1cnn(Cc2cnccc2C(F)(F)F)c1)c1cc(N2CCCCC2)on1. The largest absolute Gasteiger partial charge is 0.416 e. The van der Waals surface area contributed by atoms with E-state index in [-0.39, 0.29) is 12.1 Å². The third-order valence-corrected chi connectivity index (χ3v) is 4.94. The van der Waals surface area contributed by atoms with Crippen molar-refractivity contribution in [3.63, 3.8) is 0 Å². The van der Waals surface area contributed by atoms with Gasteiger partial charge in [-0.25, -0.2) is 0 Å². The number of rotatable bonds is 6. The van der Waals surface area contributed by atoms with Crippen molar-refractivity contribution in [2.24, 2.45) is 0 Å². The first kappa shape index (κ1) is 20.2. The number of piperidine rings is 1. The second-order valence-corrected chi connectivity index (χ2v) is 7.14. The van der Waals surface area contributed by atoms with Crippen LogP contribution >= 0.6 is 0 Å². The zero-order chi connectivity index (χ0) is 21.1. The van der Waals surface area contributed by atoms with E-state index in [9.17, 15) is 18.3 Å². The predicted molar refractivity (Wildman–Crippen MR) is 102 cm³/mol. The summed E-state index contributed by atoms with van der Waals surface area (Å²) in [5.74, 6) is 0.609. The number of aliphatic hydroxyl groups excluding tert-OH is 1. The highest BCUT2D eigenvalue weighted by Crippen LogP contribution is 2.32.